The first-order valence-electron chi connectivity index (χ1n) is 5.34. The summed E-state index contributed by atoms with van der Waals surface area (Å²) in [6.07, 6.45) is 0.555. The molecule has 0 bridgehead atoms. The quantitative estimate of drug-likeness (QED) is 0.797. The number of hydrogen-bond acceptors (Lipinski definition) is 3. The van der Waals surface area contributed by atoms with Crippen molar-refractivity contribution in [1.82, 2.24) is 0 Å². The monoisotopic (exact) mass is 270 g/mol. The van der Waals surface area contributed by atoms with Crippen LogP contribution in [0.15, 0.2) is 29.9 Å². The number of hydrogen-bond donors (Lipinski definition) is 2. The Morgan fingerprint density at radius 3 is 2.05 bits per heavy atom. The van der Waals surface area contributed by atoms with Crippen LogP contribution in [0.1, 0.15) is 5.56 Å². The van der Waals surface area contributed by atoms with Crippen molar-refractivity contribution in [3.05, 3.63) is 52.9 Å². The largest absolute Gasteiger partial charge is 0.385 e. The molecule has 1 aliphatic rings. The first-order chi connectivity index (χ1) is 8.90. The van der Waals surface area contributed by atoms with Crippen LogP contribution in [0, 0.1) is 17.5 Å². The summed E-state index contributed by atoms with van der Waals surface area (Å²) < 4.78 is 38.6. The standard InChI is InChI=1S/C13H9F3O3/c14-8-3-6(4-9(15)11(8)16)1-2-7-5-10(17)13(19)12(7)18/h1-5,12-13,18-19H/b2-1+/t12-,13-/m0/s1. The molecule has 0 amide bonds. The van der Waals surface area contributed by atoms with Crippen LogP contribution in [0.3, 0.4) is 0 Å². The van der Waals surface area contributed by atoms with Gasteiger partial charge in [0.15, 0.2) is 23.2 Å². The Morgan fingerprint density at radius 2 is 1.58 bits per heavy atom. The predicted octanol–water partition coefficient (Wildman–Crippen LogP) is 1.35. The molecule has 0 heterocycles. The van der Waals surface area contributed by atoms with E-state index in [1.165, 1.54) is 12.2 Å². The molecule has 1 aromatic rings. The van der Waals surface area contributed by atoms with E-state index in [-0.39, 0.29) is 11.1 Å². The Kier molecular flexibility index (Phi) is 3.55. The molecular formula is C13H9F3O3. The summed E-state index contributed by atoms with van der Waals surface area (Å²) in [5, 5.41) is 18.7. The van der Waals surface area contributed by atoms with Gasteiger partial charge in [-0.3, -0.25) is 4.79 Å². The third-order valence-corrected chi connectivity index (χ3v) is 2.72. The summed E-state index contributed by atoms with van der Waals surface area (Å²) >= 11 is 0. The number of carbonyl (C=O) groups is 1. The summed E-state index contributed by atoms with van der Waals surface area (Å²) in [5.41, 5.74) is 0.140. The Labute approximate surface area is 106 Å². The fourth-order valence-electron chi connectivity index (χ4n) is 1.68. The molecule has 19 heavy (non-hydrogen) atoms. The molecule has 0 saturated carbocycles. The molecule has 0 saturated heterocycles. The molecule has 1 aromatic carbocycles. The van der Waals surface area contributed by atoms with E-state index in [4.69, 9.17) is 0 Å². The molecule has 0 spiro atoms. The lowest BCUT2D eigenvalue weighted by Gasteiger charge is -2.07. The second-order valence-electron chi connectivity index (χ2n) is 4.07. The lowest BCUT2D eigenvalue weighted by Crippen LogP contribution is -2.27. The Bertz CT molecular complexity index is 570. The number of aliphatic hydroxyl groups excluding tert-OH is 2. The minimum absolute atomic E-state index is 0.0262. The average Bonchev–Trinajstić information content (AvgIpc) is 2.61. The highest BCUT2D eigenvalue weighted by Gasteiger charge is 2.31. The number of aliphatic hydroxyl groups is 2. The molecule has 0 fully saturated rings. The Balaban J connectivity index is 2.25. The van der Waals surface area contributed by atoms with Crippen molar-refractivity contribution in [2.45, 2.75) is 12.2 Å². The van der Waals surface area contributed by atoms with E-state index < -0.39 is 35.4 Å². The molecule has 0 unspecified atom stereocenters. The summed E-state index contributed by atoms with van der Waals surface area (Å²) in [7, 11) is 0. The normalized spacial score (nSPS) is 23.2. The van der Waals surface area contributed by atoms with E-state index in [2.05, 4.69) is 0 Å². The summed E-state index contributed by atoms with van der Waals surface area (Å²) in [5.74, 6) is -4.89. The van der Waals surface area contributed by atoms with E-state index in [0.29, 0.717) is 0 Å². The van der Waals surface area contributed by atoms with Crippen molar-refractivity contribution in [2.24, 2.45) is 0 Å². The van der Waals surface area contributed by atoms with Gasteiger partial charge in [-0.15, -0.1) is 0 Å². The van der Waals surface area contributed by atoms with Crippen LogP contribution >= 0.6 is 0 Å². The van der Waals surface area contributed by atoms with Gasteiger partial charge in [-0.2, -0.15) is 0 Å². The molecule has 0 aliphatic heterocycles. The summed E-state index contributed by atoms with van der Waals surface area (Å²) in [4.78, 5) is 11.1. The van der Waals surface area contributed by atoms with Crippen LogP contribution in [-0.4, -0.2) is 28.2 Å². The van der Waals surface area contributed by atoms with Crippen molar-refractivity contribution >= 4 is 11.9 Å². The first kappa shape index (κ1) is 13.5. The molecule has 6 heteroatoms. The highest BCUT2D eigenvalue weighted by atomic mass is 19.2. The van der Waals surface area contributed by atoms with Crippen molar-refractivity contribution < 1.29 is 28.2 Å². The smallest absolute Gasteiger partial charge is 0.194 e. The second kappa shape index (κ2) is 4.99. The van der Waals surface area contributed by atoms with Gasteiger partial charge in [-0.05, 0) is 29.3 Å². The number of benzene rings is 1. The lowest BCUT2D eigenvalue weighted by molar-refractivity contribution is -0.124. The van der Waals surface area contributed by atoms with Gasteiger partial charge >= 0.3 is 0 Å². The third-order valence-electron chi connectivity index (χ3n) is 2.72. The molecule has 0 radical (unpaired) electrons. The fraction of sp³-hybridized carbons (Fsp3) is 0.154. The topological polar surface area (TPSA) is 57.5 Å². The fourth-order valence-corrected chi connectivity index (χ4v) is 1.68. The van der Waals surface area contributed by atoms with Gasteiger partial charge in [0.05, 0.1) is 0 Å². The predicted molar refractivity (Wildman–Crippen MR) is 60.5 cm³/mol. The van der Waals surface area contributed by atoms with E-state index in [9.17, 15) is 28.2 Å². The average molecular weight is 270 g/mol. The maximum absolute atomic E-state index is 12.9. The molecule has 2 N–H and O–H groups in total. The highest BCUT2D eigenvalue weighted by molar-refractivity contribution is 5.98. The zero-order valence-electron chi connectivity index (χ0n) is 9.48. The van der Waals surface area contributed by atoms with E-state index in [0.717, 1.165) is 18.2 Å². The van der Waals surface area contributed by atoms with E-state index in [1.54, 1.807) is 0 Å². The number of halogens is 3. The molecule has 0 aromatic heterocycles. The van der Waals surface area contributed by atoms with Gasteiger partial charge < -0.3 is 10.2 Å². The van der Waals surface area contributed by atoms with Crippen molar-refractivity contribution in [3.63, 3.8) is 0 Å². The number of carbonyl (C=O) groups excluding carboxylic acids is 1. The maximum atomic E-state index is 12.9. The van der Waals surface area contributed by atoms with E-state index in [1.807, 2.05) is 0 Å². The summed E-state index contributed by atoms with van der Waals surface area (Å²) in [6.45, 7) is 0. The second-order valence-corrected chi connectivity index (χ2v) is 4.07. The molecule has 2 atom stereocenters. The van der Waals surface area contributed by atoms with Crippen LogP contribution in [0.25, 0.3) is 6.08 Å². The maximum Gasteiger partial charge on any atom is 0.194 e. The van der Waals surface area contributed by atoms with Crippen LogP contribution in [0.4, 0.5) is 13.2 Å². The lowest BCUT2D eigenvalue weighted by atomic mass is 10.1. The van der Waals surface area contributed by atoms with Crippen molar-refractivity contribution in [3.8, 4) is 0 Å². The SMILES string of the molecule is O=C1C=C(/C=C/c2cc(F)c(F)c(F)c2)[C@H](O)[C@H]1O. The first-order valence-corrected chi connectivity index (χ1v) is 5.34. The van der Waals surface area contributed by atoms with Gasteiger partial charge in [0, 0.05) is 0 Å². The molecule has 2 rings (SSSR count). The van der Waals surface area contributed by atoms with Gasteiger partial charge in [0.1, 0.15) is 12.2 Å². The zero-order chi connectivity index (χ0) is 14.2. The zero-order valence-corrected chi connectivity index (χ0v) is 9.48. The van der Waals surface area contributed by atoms with Crippen LogP contribution < -0.4 is 0 Å². The molecule has 100 valence electrons. The summed E-state index contributed by atoms with van der Waals surface area (Å²) in [6, 6.07) is 1.55. The number of rotatable bonds is 2. The molecule has 3 nitrogen and oxygen atoms in total. The number of ketones is 1. The highest BCUT2D eigenvalue weighted by Crippen LogP contribution is 2.20. The van der Waals surface area contributed by atoms with Crippen LogP contribution in [-0.2, 0) is 4.79 Å². The minimum Gasteiger partial charge on any atom is -0.385 e. The van der Waals surface area contributed by atoms with Gasteiger partial charge in [0.2, 0.25) is 0 Å². The minimum atomic E-state index is -1.57. The molecule has 1 aliphatic carbocycles. The van der Waals surface area contributed by atoms with E-state index >= 15 is 0 Å². The van der Waals surface area contributed by atoms with Gasteiger partial charge in [-0.1, -0.05) is 12.2 Å². The Hall–Kier alpha value is -1.92. The molecular weight excluding hydrogens is 261 g/mol. The third kappa shape index (κ3) is 2.59. The van der Waals surface area contributed by atoms with Crippen molar-refractivity contribution in [1.29, 1.82) is 0 Å². The van der Waals surface area contributed by atoms with Crippen LogP contribution in [0.2, 0.25) is 0 Å². The van der Waals surface area contributed by atoms with Gasteiger partial charge in [0.25, 0.3) is 0 Å². The Morgan fingerprint density at radius 1 is 1.00 bits per heavy atom. The van der Waals surface area contributed by atoms with Crippen molar-refractivity contribution in [2.75, 3.05) is 0 Å². The van der Waals surface area contributed by atoms with Crippen LogP contribution in [0.5, 0.6) is 0 Å². The van der Waals surface area contributed by atoms with Gasteiger partial charge in [-0.25, -0.2) is 13.2 Å².